The summed E-state index contributed by atoms with van der Waals surface area (Å²) < 4.78 is 5.35. The molecule has 2 N–H and O–H groups in total. The van der Waals surface area contributed by atoms with Gasteiger partial charge >= 0.3 is 5.97 Å². The fourth-order valence-electron chi connectivity index (χ4n) is 1.15. The third kappa shape index (κ3) is 10.1. The van der Waals surface area contributed by atoms with Crippen molar-refractivity contribution in [3.63, 3.8) is 0 Å². The van der Waals surface area contributed by atoms with Crippen molar-refractivity contribution in [3.05, 3.63) is 0 Å². The first-order valence-electron chi connectivity index (χ1n) is 5.62. The third-order valence-corrected chi connectivity index (χ3v) is 2.89. The van der Waals surface area contributed by atoms with Gasteiger partial charge in [0, 0.05) is 12.7 Å². The Labute approximate surface area is 106 Å². The molecule has 0 rings (SSSR count). The van der Waals surface area contributed by atoms with E-state index in [1.165, 1.54) is 6.92 Å². The van der Waals surface area contributed by atoms with Gasteiger partial charge in [-0.05, 0) is 26.0 Å². The number of nitrogens with one attached hydrogen (secondary N) is 1. The number of carboxylic acids is 1. The smallest absolute Gasteiger partial charge is 0.326 e. The van der Waals surface area contributed by atoms with Crippen molar-refractivity contribution >= 4 is 23.6 Å². The summed E-state index contributed by atoms with van der Waals surface area (Å²) in [6.07, 6.45) is 0.656. The molecule has 5 nitrogen and oxygen atoms in total. The van der Waals surface area contributed by atoms with Gasteiger partial charge in [-0.2, -0.15) is 11.8 Å². The van der Waals surface area contributed by atoms with Crippen LogP contribution < -0.4 is 5.32 Å². The molecule has 17 heavy (non-hydrogen) atoms. The van der Waals surface area contributed by atoms with Crippen LogP contribution in [0.1, 0.15) is 27.2 Å². The number of ether oxygens (including phenoxy) is 1. The van der Waals surface area contributed by atoms with E-state index >= 15 is 0 Å². The lowest BCUT2D eigenvalue weighted by Crippen LogP contribution is -2.39. The molecule has 0 aromatic rings. The van der Waals surface area contributed by atoms with Gasteiger partial charge in [0.05, 0.1) is 12.7 Å². The minimum absolute atomic E-state index is 0.224. The number of rotatable bonds is 9. The van der Waals surface area contributed by atoms with Gasteiger partial charge in [-0.25, -0.2) is 4.79 Å². The van der Waals surface area contributed by atoms with E-state index < -0.39 is 12.0 Å². The summed E-state index contributed by atoms with van der Waals surface area (Å²) in [6.45, 7) is 5.93. The normalized spacial score (nSPS) is 12.5. The topological polar surface area (TPSA) is 75.6 Å². The molecule has 0 aliphatic carbocycles. The van der Waals surface area contributed by atoms with Crippen molar-refractivity contribution < 1.29 is 19.4 Å². The Morgan fingerprint density at radius 1 is 1.35 bits per heavy atom. The summed E-state index contributed by atoms with van der Waals surface area (Å²) >= 11 is 1.63. The van der Waals surface area contributed by atoms with E-state index in [0.29, 0.717) is 18.8 Å². The zero-order valence-corrected chi connectivity index (χ0v) is 11.4. The number of amides is 1. The number of hydrogen-bond acceptors (Lipinski definition) is 4. The highest BCUT2D eigenvalue weighted by Gasteiger charge is 2.17. The molecule has 0 saturated carbocycles. The van der Waals surface area contributed by atoms with E-state index in [4.69, 9.17) is 9.84 Å². The lowest BCUT2D eigenvalue weighted by atomic mass is 10.2. The minimum atomic E-state index is -0.987. The number of carbonyl (C=O) groups is 2. The molecule has 0 aliphatic heterocycles. The number of thioether (sulfide) groups is 1. The van der Waals surface area contributed by atoms with E-state index in [9.17, 15) is 9.59 Å². The third-order valence-electron chi connectivity index (χ3n) is 1.91. The zero-order chi connectivity index (χ0) is 13.3. The summed E-state index contributed by atoms with van der Waals surface area (Å²) in [6, 6.07) is -0.786. The highest BCUT2D eigenvalue weighted by atomic mass is 32.2. The molecule has 1 atom stereocenters. The van der Waals surface area contributed by atoms with Crippen LogP contribution in [0.2, 0.25) is 0 Å². The van der Waals surface area contributed by atoms with Gasteiger partial charge in [-0.15, -0.1) is 0 Å². The second kappa shape index (κ2) is 9.30. The molecule has 0 aromatic heterocycles. The number of hydrogen-bond donors (Lipinski definition) is 2. The van der Waals surface area contributed by atoms with Crippen LogP contribution in [0.15, 0.2) is 0 Å². The molecule has 1 unspecified atom stereocenters. The fourth-order valence-corrected chi connectivity index (χ4v) is 1.97. The highest BCUT2D eigenvalue weighted by Crippen LogP contribution is 2.06. The molecule has 6 heteroatoms. The Balaban J connectivity index is 3.61. The maximum Gasteiger partial charge on any atom is 0.326 e. The van der Waals surface area contributed by atoms with Crippen LogP contribution in [-0.2, 0) is 14.3 Å². The van der Waals surface area contributed by atoms with Gasteiger partial charge in [0.25, 0.3) is 0 Å². The van der Waals surface area contributed by atoms with E-state index in [1.54, 1.807) is 11.8 Å². The van der Waals surface area contributed by atoms with Crippen molar-refractivity contribution in [2.75, 3.05) is 18.1 Å². The van der Waals surface area contributed by atoms with Gasteiger partial charge in [0.2, 0.25) is 5.91 Å². The lowest BCUT2D eigenvalue weighted by molar-refractivity contribution is -0.141. The molecule has 0 aromatic carbocycles. The fraction of sp³-hybridized carbons (Fsp3) is 0.818. The molecule has 0 aliphatic rings. The summed E-state index contributed by atoms with van der Waals surface area (Å²) in [5.41, 5.74) is 0. The van der Waals surface area contributed by atoms with E-state index in [2.05, 4.69) is 5.32 Å². The predicted molar refractivity (Wildman–Crippen MR) is 68.3 cm³/mol. The summed E-state index contributed by atoms with van der Waals surface area (Å²) in [5, 5.41) is 11.3. The second-order valence-electron chi connectivity index (χ2n) is 3.91. The van der Waals surface area contributed by atoms with Crippen LogP contribution in [0.4, 0.5) is 0 Å². The number of aliphatic carboxylic acids is 1. The second-order valence-corrected chi connectivity index (χ2v) is 5.14. The summed E-state index contributed by atoms with van der Waals surface area (Å²) in [4.78, 5) is 21.6. The van der Waals surface area contributed by atoms with Crippen LogP contribution in [0.3, 0.4) is 0 Å². The summed E-state index contributed by atoms with van der Waals surface area (Å²) in [5.74, 6) is 0.230. The van der Waals surface area contributed by atoms with E-state index in [1.807, 2.05) is 13.8 Å². The summed E-state index contributed by atoms with van der Waals surface area (Å²) in [7, 11) is 0. The van der Waals surface area contributed by atoms with Gasteiger partial charge < -0.3 is 15.2 Å². The Kier molecular flexibility index (Phi) is 8.89. The molecular weight excluding hydrogens is 242 g/mol. The molecule has 0 fully saturated rings. The predicted octanol–water partition coefficient (Wildman–Crippen LogP) is 1.12. The van der Waals surface area contributed by atoms with E-state index in [0.717, 1.165) is 5.75 Å². The molecule has 0 spiro atoms. The molecule has 1 amide bonds. The van der Waals surface area contributed by atoms with Crippen molar-refractivity contribution in [1.29, 1.82) is 0 Å². The van der Waals surface area contributed by atoms with Crippen LogP contribution in [-0.4, -0.2) is 47.2 Å². The first-order valence-corrected chi connectivity index (χ1v) is 6.78. The minimum Gasteiger partial charge on any atom is -0.480 e. The molecule has 100 valence electrons. The van der Waals surface area contributed by atoms with Crippen molar-refractivity contribution in [1.82, 2.24) is 5.32 Å². The molecular formula is C11H21NO4S. The van der Waals surface area contributed by atoms with Gasteiger partial charge in [0.15, 0.2) is 0 Å². The molecule has 0 bridgehead atoms. The van der Waals surface area contributed by atoms with Crippen molar-refractivity contribution in [3.8, 4) is 0 Å². The average Bonchev–Trinajstić information content (AvgIpc) is 2.20. The van der Waals surface area contributed by atoms with Crippen LogP contribution >= 0.6 is 11.8 Å². The Bertz CT molecular complexity index is 246. The molecule has 0 radical (unpaired) electrons. The monoisotopic (exact) mass is 263 g/mol. The van der Waals surface area contributed by atoms with Crippen molar-refractivity contribution in [2.45, 2.75) is 39.3 Å². The lowest BCUT2D eigenvalue weighted by Gasteiger charge is -2.13. The Morgan fingerprint density at radius 2 is 2.00 bits per heavy atom. The highest BCUT2D eigenvalue weighted by molar-refractivity contribution is 7.99. The van der Waals surface area contributed by atoms with Crippen LogP contribution in [0, 0.1) is 0 Å². The largest absolute Gasteiger partial charge is 0.480 e. The Morgan fingerprint density at radius 3 is 2.47 bits per heavy atom. The van der Waals surface area contributed by atoms with Crippen LogP contribution in [0.5, 0.6) is 0 Å². The number of carbonyl (C=O) groups excluding carboxylic acids is 1. The number of carboxylic acid groups (broad SMARTS) is 1. The zero-order valence-electron chi connectivity index (χ0n) is 10.6. The van der Waals surface area contributed by atoms with Crippen LogP contribution in [0.25, 0.3) is 0 Å². The van der Waals surface area contributed by atoms with E-state index in [-0.39, 0.29) is 12.0 Å². The standard InChI is InChI=1S/C11H21NO4S/c1-8(2)16-5-7-17-6-4-10(11(14)15)12-9(3)13/h8,10H,4-7H2,1-3H3,(H,12,13)(H,14,15). The first-order chi connectivity index (χ1) is 7.93. The van der Waals surface area contributed by atoms with Gasteiger partial charge in [0.1, 0.15) is 6.04 Å². The Hall–Kier alpha value is -0.750. The maximum atomic E-state index is 10.8. The quantitative estimate of drug-likeness (QED) is 0.610. The maximum absolute atomic E-state index is 10.8. The first kappa shape index (κ1) is 16.2. The van der Waals surface area contributed by atoms with Gasteiger partial charge in [-0.1, -0.05) is 0 Å². The molecule has 0 heterocycles. The van der Waals surface area contributed by atoms with Crippen molar-refractivity contribution in [2.24, 2.45) is 0 Å². The SMILES string of the molecule is CC(=O)NC(CCSCCOC(C)C)C(=O)O. The van der Waals surface area contributed by atoms with Gasteiger partial charge in [-0.3, -0.25) is 4.79 Å². The average molecular weight is 263 g/mol. The molecule has 0 saturated heterocycles.